The van der Waals surface area contributed by atoms with Gasteiger partial charge in [-0.1, -0.05) is 0 Å². The first-order chi connectivity index (χ1) is 7.10. The third-order valence-corrected chi connectivity index (χ3v) is 1.64. The molecular weight excluding hydrogens is 205 g/mol. The van der Waals surface area contributed by atoms with Crippen molar-refractivity contribution in [1.82, 2.24) is 4.98 Å². The van der Waals surface area contributed by atoms with E-state index in [9.17, 15) is 14.0 Å². The molecule has 5 nitrogen and oxygen atoms in total. The minimum absolute atomic E-state index is 0.260. The summed E-state index contributed by atoms with van der Waals surface area (Å²) in [5.74, 6) is -2.40. The molecule has 15 heavy (non-hydrogen) atoms. The monoisotopic (exact) mass is 213 g/mol. The van der Waals surface area contributed by atoms with Crippen molar-refractivity contribution in [2.75, 3.05) is 14.2 Å². The number of aromatic nitrogens is 1. The molecule has 0 saturated carbocycles. The molecule has 1 aromatic heterocycles. The molecule has 0 unspecified atom stereocenters. The molecule has 0 aliphatic rings. The van der Waals surface area contributed by atoms with Crippen molar-refractivity contribution < 1.29 is 23.5 Å². The molecule has 1 aromatic rings. The highest BCUT2D eigenvalue weighted by atomic mass is 19.1. The first-order valence-electron chi connectivity index (χ1n) is 3.92. The van der Waals surface area contributed by atoms with E-state index in [0.29, 0.717) is 0 Å². The third-order valence-electron chi connectivity index (χ3n) is 1.64. The van der Waals surface area contributed by atoms with Crippen LogP contribution in [0.4, 0.5) is 4.39 Å². The molecule has 0 spiro atoms. The second-order valence-electron chi connectivity index (χ2n) is 2.53. The molecule has 0 N–H and O–H groups in total. The highest BCUT2D eigenvalue weighted by Crippen LogP contribution is 2.10. The molecule has 0 radical (unpaired) electrons. The number of hydrogen-bond acceptors (Lipinski definition) is 5. The minimum atomic E-state index is -0.845. The van der Waals surface area contributed by atoms with Gasteiger partial charge in [-0.25, -0.2) is 19.0 Å². The number of halogens is 1. The van der Waals surface area contributed by atoms with Gasteiger partial charge in [0.15, 0.2) is 5.69 Å². The van der Waals surface area contributed by atoms with Crippen molar-refractivity contribution in [3.8, 4) is 0 Å². The quantitative estimate of drug-likeness (QED) is 0.679. The smallest absolute Gasteiger partial charge is 0.357 e. The number of methoxy groups -OCH3 is 2. The zero-order valence-corrected chi connectivity index (χ0v) is 8.11. The number of pyridine rings is 1. The lowest BCUT2D eigenvalue weighted by molar-refractivity contribution is 0.0549. The molecule has 0 bridgehead atoms. The average Bonchev–Trinajstić information content (AvgIpc) is 2.26. The van der Waals surface area contributed by atoms with Gasteiger partial charge in [0.05, 0.1) is 26.0 Å². The Morgan fingerprint density at radius 3 is 2.40 bits per heavy atom. The molecule has 0 aliphatic heterocycles. The van der Waals surface area contributed by atoms with Crippen LogP contribution >= 0.6 is 0 Å². The summed E-state index contributed by atoms with van der Waals surface area (Å²) in [6.07, 6.45) is 0.818. The number of nitrogens with zero attached hydrogens (tertiary/aromatic N) is 1. The Morgan fingerprint density at radius 2 is 1.87 bits per heavy atom. The summed E-state index contributed by atoms with van der Waals surface area (Å²) in [7, 11) is 2.25. The predicted octanol–water partition coefficient (Wildman–Crippen LogP) is 0.794. The Bertz CT molecular complexity index is 405. The highest BCUT2D eigenvalue weighted by Gasteiger charge is 2.20. The van der Waals surface area contributed by atoms with Gasteiger partial charge in [-0.3, -0.25) is 0 Å². The van der Waals surface area contributed by atoms with E-state index in [1.54, 1.807) is 0 Å². The summed E-state index contributed by atoms with van der Waals surface area (Å²) < 4.78 is 21.5. The highest BCUT2D eigenvalue weighted by molar-refractivity contribution is 6.01. The largest absolute Gasteiger partial charge is 0.465 e. The van der Waals surface area contributed by atoms with Crippen LogP contribution in [-0.4, -0.2) is 31.1 Å². The Kier molecular flexibility index (Phi) is 3.33. The standard InChI is InChI=1S/C9H8FNO4/c1-14-8(12)6-3-5(10)4-11-7(6)9(13)15-2/h3-4H,1-2H3. The summed E-state index contributed by atoms with van der Waals surface area (Å²) in [6, 6.07) is 0.866. The maximum atomic E-state index is 12.8. The number of esters is 2. The van der Waals surface area contributed by atoms with Crippen LogP contribution in [0.15, 0.2) is 12.3 Å². The van der Waals surface area contributed by atoms with Crippen molar-refractivity contribution >= 4 is 11.9 Å². The minimum Gasteiger partial charge on any atom is -0.465 e. The summed E-state index contributed by atoms with van der Waals surface area (Å²) in [6.45, 7) is 0. The van der Waals surface area contributed by atoms with E-state index < -0.39 is 17.8 Å². The van der Waals surface area contributed by atoms with E-state index in [1.165, 1.54) is 0 Å². The SMILES string of the molecule is COC(=O)c1cc(F)cnc1C(=O)OC. The van der Waals surface area contributed by atoms with Gasteiger partial charge < -0.3 is 9.47 Å². The van der Waals surface area contributed by atoms with Crippen LogP contribution in [0.25, 0.3) is 0 Å². The predicted molar refractivity (Wildman–Crippen MR) is 46.9 cm³/mol. The molecule has 0 fully saturated rings. The summed E-state index contributed by atoms with van der Waals surface area (Å²) in [4.78, 5) is 25.8. The molecule has 80 valence electrons. The zero-order valence-electron chi connectivity index (χ0n) is 8.11. The summed E-state index contributed by atoms with van der Waals surface area (Å²) in [5.41, 5.74) is -0.532. The van der Waals surface area contributed by atoms with E-state index in [1.807, 2.05) is 0 Å². The van der Waals surface area contributed by atoms with Gasteiger partial charge >= 0.3 is 11.9 Å². The van der Waals surface area contributed by atoms with Gasteiger partial charge in [0.25, 0.3) is 0 Å². The number of carbonyl (C=O) groups is 2. The number of ether oxygens (including phenoxy) is 2. The Hall–Kier alpha value is -1.98. The van der Waals surface area contributed by atoms with Gasteiger partial charge in [-0.15, -0.1) is 0 Å². The van der Waals surface area contributed by atoms with Crippen LogP contribution in [0, 0.1) is 5.82 Å². The maximum Gasteiger partial charge on any atom is 0.357 e. The van der Waals surface area contributed by atoms with Crippen LogP contribution in [0.1, 0.15) is 20.8 Å². The molecule has 0 aromatic carbocycles. The second kappa shape index (κ2) is 4.50. The van der Waals surface area contributed by atoms with Crippen LogP contribution in [0.3, 0.4) is 0 Å². The third kappa shape index (κ3) is 2.28. The molecular formula is C9H8FNO4. The summed E-state index contributed by atoms with van der Waals surface area (Å²) >= 11 is 0. The van der Waals surface area contributed by atoms with Gasteiger partial charge in [-0.05, 0) is 6.07 Å². The van der Waals surface area contributed by atoms with Gasteiger partial charge in [0.1, 0.15) is 5.82 Å². The van der Waals surface area contributed by atoms with E-state index in [0.717, 1.165) is 26.5 Å². The van der Waals surface area contributed by atoms with Crippen molar-refractivity contribution in [3.05, 3.63) is 29.3 Å². The molecule has 0 atom stereocenters. The number of hydrogen-bond donors (Lipinski definition) is 0. The second-order valence-corrected chi connectivity index (χ2v) is 2.53. The lowest BCUT2D eigenvalue weighted by Crippen LogP contribution is -2.14. The molecule has 1 rings (SSSR count). The molecule has 0 saturated heterocycles. The van der Waals surface area contributed by atoms with Gasteiger partial charge in [-0.2, -0.15) is 0 Å². The van der Waals surface area contributed by atoms with Gasteiger partial charge in [0.2, 0.25) is 0 Å². The topological polar surface area (TPSA) is 65.5 Å². The number of carbonyl (C=O) groups excluding carboxylic acids is 2. The van der Waals surface area contributed by atoms with Crippen LogP contribution in [0.5, 0.6) is 0 Å². The van der Waals surface area contributed by atoms with E-state index in [4.69, 9.17) is 0 Å². The lowest BCUT2D eigenvalue weighted by atomic mass is 10.2. The van der Waals surface area contributed by atoms with Crippen LogP contribution in [0.2, 0.25) is 0 Å². The maximum absolute atomic E-state index is 12.8. The van der Waals surface area contributed by atoms with Crippen molar-refractivity contribution in [3.63, 3.8) is 0 Å². The van der Waals surface area contributed by atoms with E-state index in [-0.39, 0.29) is 11.3 Å². The fourth-order valence-corrected chi connectivity index (χ4v) is 0.964. The lowest BCUT2D eigenvalue weighted by Gasteiger charge is -2.04. The normalized spacial score (nSPS) is 9.53. The first kappa shape index (κ1) is 11.1. The fourth-order valence-electron chi connectivity index (χ4n) is 0.964. The molecule has 0 aliphatic carbocycles. The summed E-state index contributed by atoms with van der Waals surface area (Å²) in [5, 5.41) is 0. The van der Waals surface area contributed by atoms with Crippen LogP contribution in [-0.2, 0) is 9.47 Å². The fraction of sp³-hybridized carbons (Fsp3) is 0.222. The molecule has 6 heteroatoms. The zero-order chi connectivity index (χ0) is 11.4. The Balaban J connectivity index is 3.26. The van der Waals surface area contributed by atoms with Crippen LogP contribution < -0.4 is 0 Å². The van der Waals surface area contributed by atoms with Crippen molar-refractivity contribution in [1.29, 1.82) is 0 Å². The van der Waals surface area contributed by atoms with E-state index in [2.05, 4.69) is 14.5 Å². The Morgan fingerprint density at radius 1 is 1.27 bits per heavy atom. The van der Waals surface area contributed by atoms with Crippen molar-refractivity contribution in [2.24, 2.45) is 0 Å². The molecule has 0 amide bonds. The van der Waals surface area contributed by atoms with Crippen molar-refractivity contribution in [2.45, 2.75) is 0 Å². The Labute approximate surface area is 84.8 Å². The number of rotatable bonds is 2. The van der Waals surface area contributed by atoms with E-state index >= 15 is 0 Å². The average molecular weight is 213 g/mol. The van der Waals surface area contributed by atoms with Gasteiger partial charge in [0, 0.05) is 0 Å². The molecule has 1 heterocycles. The first-order valence-corrected chi connectivity index (χ1v) is 3.92.